The minimum absolute atomic E-state index is 0.102. The van der Waals surface area contributed by atoms with Gasteiger partial charge >= 0.3 is 5.69 Å². The highest BCUT2D eigenvalue weighted by Crippen LogP contribution is 2.29. The van der Waals surface area contributed by atoms with Crippen LogP contribution < -0.4 is 17.0 Å². The van der Waals surface area contributed by atoms with Crippen molar-refractivity contribution in [1.29, 1.82) is 0 Å². The molecule has 4 N–H and O–H groups in total. The first kappa shape index (κ1) is 16.1. The highest BCUT2D eigenvalue weighted by Gasteiger charge is 2.36. The number of nitrogens with two attached hydrogens (primary N) is 1. The number of aliphatic hydroxyl groups excluding tert-OH is 1. The number of nitrogens with zero attached hydrogens (tertiary/aromatic N) is 5. The second kappa shape index (κ2) is 6.37. The molecule has 1 saturated heterocycles. The molecule has 2 aromatic rings. The maximum absolute atomic E-state index is 12.0. The zero-order valence-corrected chi connectivity index (χ0v) is 12.9. The Morgan fingerprint density at radius 3 is 3.04 bits per heavy atom. The standard InChI is InChI=1S/C13H17N7O4/c1-7-3-19(13(23)18-11(7)22)10-2-8(9(4-21)24-10)17-12(14)20-6-15-5-16-20/h3,5-6,8-10,21H,2,4H2,1H3,(H2,14,17)(H,18,22,23). The number of aromatic nitrogens is 5. The van der Waals surface area contributed by atoms with E-state index < -0.39 is 29.6 Å². The summed E-state index contributed by atoms with van der Waals surface area (Å²) in [4.78, 5) is 33.7. The topological polar surface area (TPSA) is 153 Å². The van der Waals surface area contributed by atoms with Crippen molar-refractivity contribution in [3.8, 4) is 0 Å². The fourth-order valence-electron chi connectivity index (χ4n) is 2.54. The molecule has 0 aromatic carbocycles. The first-order valence-corrected chi connectivity index (χ1v) is 7.26. The zero-order valence-electron chi connectivity index (χ0n) is 12.9. The zero-order chi connectivity index (χ0) is 17.3. The Hall–Kier alpha value is -2.79. The van der Waals surface area contributed by atoms with Crippen LogP contribution in [0.2, 0.25) is 0 Å². The molecule has 0 aliphatic carbocycles. The van der Waals surface area contributed by atoms with E-state index in [0.29, 0.717) is 12.0 Å². The number of aliphatic hydroxyl groups is 1. The largest absolute Gasteiger partial charge is 0.394 e. The lowest BCUT2D eigenvalue weighted by Gasteiger charge is -2.14. The van der Waals surface area contributed by atoms with Gasteiger partial charge in [0.05, 0.1) is 12.6 Å². The molecule has 1 aliphatic heterocycles. The molecule has 3 heterocycles. The van der Waals surface area contributed by atoms with Crippen LogP contribution in [0.3, 0.4) is 0 Å². The van der Waals surface area contributed by atoms with Gasteiger partial charge in [0, 0.05) is 18.2 Å². The van der Waals surface area contributed by atoms with Crippen LogP contribution in [0, 0.1) is 6.92 Å². The molecule has 3 rings (SSSR count). The van der Waals surface area contributed by atoms with Crippen LogP contribution >= 0.6 is 0 Å². The molecule has 11 heteroatoms. The van der Waals surface area contributed by atoms with Gasteiger partial charge in [0.1, 0.15) is 25.0 Å². The smallest absolute Gasteiger partial charge is 0.330 e. The quantitative estimate of drug-likeness (QED) is 0.431. The van der Waals surface area contributed by atoms with Crippen LogP contribution in [-0.2, 0) is 4.74 Å². The number of H-pyrrole nitrogens is 1. The SMILES string of the molecule is Cc1cn(C2CC(N=C(N)n3cncn3)C(CO)O2)c(=O)[nH]c1=O. The summed E-state index contributed by atoms with van der Waals surface area (Å²) < 4.78 is 8.25. The second-order valence-electron chi connectivity index (χ2n) is 5.42. The normalized spacial score (nSPS) is 24.4. The molecule has 0 radical (unpaired) electrons. The van der Waals surface area contributed by atoms with Crippen molar-refractivity contribution in [2.75, 3.05) is 6.61 Å². The highest BCUT2D eigenvalue weighted by molar-refractivity contribution is 5.79. The minimum atomic E-state index is -0.664. The summed E-state index contributed by atoms with van der Waals surface area (Å²) in [5.41, 5.74) is 5.21. The number of nitrogens with one attached hydrogen (secondary N) is 1. The van der Waals surface area contributed by atoms with Gasteiger partial charge in [-0.15, -0.1) is 0 Å². The average Bonchev–Trinajstić information content (AvgIpc) is 3.20. The maximum atomic E-state index is 12.0. The number of hydrogen-bond donors (Lipinski definition) is 3. The predicted molar refractivity (Wildman–Crippen MR) is 82.5 cm³/mol. The van der Waals surface area contributed by atoms with Crippen molar-refractivity contribution < 1.29 is 9.84 Å². The highest BCUT2D eigenvalue weighted by atomic mass is 16.5. The van der Waals surface area contributed by atoms with E-state index in [4.69, 9.17) is 10.5 Å². The Labute approximate surface area is 135 Å². The van der Waals surface area contributed by atoms with Crippen molar-refractivity contribution in [2.45, 2.75) is 31.7 Å². The molecule has 1 fully saturated rings. The molecule has 3 unspecified atom stereocenters. The van der Waals surface area contributed by atoms with E-state index in [1.165, 1.54) is 28.1 Å². The molecule has 2 aromatic heterocycles. The van der Waals surface area contributed by atoms with E-state index in [0.717, 1.165) is 0 Å². The van der Waals surface area contributed by atoms with Gasteiger partial charge in [0.15, 0.2) is 0 Å². The molecule has 11 nitrogen and oxygen atoms in total. The van der Waals surface area contributed by atoms with Gasteiger partial charge in [-0.1, -0.05) is 0 Å². The first-order valence-electron chi connectivity index (χ1n) is 7.26. The number of aromatic amines is 1. The lowest BCUT2D eigenvalue weighted by Crippen LogP contribution is -2.33. The van der Waals surface area contributed by atoms with E-state index in [1.54, 1.807) is 6.92 Å². The molecular weight excluding hydrogens is 318 g/mol. The number of aliphatic imine (C=N–C) groups is 1. The molecule has 0 spiro atoms. The monoisotopic (exact) mass is 335 g/mol. The van der Waals surface area contributed by atoms with Crippen LogP contribution in [-0.4, -0.2) is 54.1 Å². The van der Waals surface area contributed by atoms with E-state index >= 15 is 0 Å². The van der Waals surface area contributed by atoms with Crippen molar-refractivity contribution in [1.82, 2.24) is 24.3 Å². The maximum Gasteiger partial charge on any atom is 0.330 e. The number of aryl methyl sites for hydroxylation is 1. The first-order chi connectivity index (χ1) is 11.5. The lowest BCUT2D eigenvalue weighted by atomic mass is 10.1. The van der Waals surface area contributed by atoms with Crippen LogP contribution in [0.4, 0.5) is 0 Å². The number of rotatable bonds is 3. The van der Waals surface area contributed by atoms with Gasteiger partial charge in [-0.25, -0.2) is 14.8 Å². The summed E-state index contributed by atoms with van der Waals surface area (Å²) in [7, 11) is 0. The van der Waals surface area contributed by atoms with Crippen molar-refractivity contribution >= 4 is 5.96 Å². The van der Waals surface area contributed by atoms with Crippen molar-refractivity contribution in [2.24, 2.45) is 10.7 Å². The Morgan fingerprint density at radius 1 is 1.58 bits per heavy atom. The fourth-order valence-corrected chi connectivity index (χ4v) is 2.54. The van der Waals surface area contributed by atoms with Crippen molar-refractivity contribution in [3.63, 3.8) is 0 Å². The average molecular weight is 335 g/mol. The van der Waals surface area contributed by atoms with Crippen LogP contribution in [0.15, 0.2) is 33.4 Å². The minimum Gasteiger partial charge on any atom is -0.394 e. The summed E-state index contributed by atoms with van der Waals surface area (Å²) in [6.07, 6.45) is 3.16. The summed E-state index contributed by atoms with van der Waals surface area (Å²) in [6, 6.07) is -0.469. The van der Waals surface area contributed by atoms with E-state index in [2.05, 4.69) is 20.1 Å². The third-order valence-corrected chi connectivity index (χ3v) is 3.79. The van der Waals surface area contributed by atoms with Crippen LogP contribution in [0.5, 0.6) is 0 Å². The third-order valence-electron chi connectivity index (χ3n) is 3.79. The number of ether oxygens (including phenoxy) is 1. The van der Waals surface area contributed by atoms with Gasteiger partial charge in [0.25, 0.3) is 5.56 Å². The summed E-state index contributed by atoms with van der Waals surface area (Å²) >= 11 is 0. The molecule has 1 aliphatic rings. The van der Waals surface area contributed by atoms with Gasteiger partial charge in [-0.05, 0) is 6.92 Å². The molecule has 24 heavy (non-hydrogen) atoms. The van der Waals surface area contributed by atoms with Gasteiger partial charge in [-0.2, -0.15) is 9.78 Å². The Bertz CT molecular complexity index is 854. The van der Waals surface area contributed by atoms with Gasteiger partial charge in [-0.3, -0.25) is 14.3 Å². The molecule has 0 bridgehead atoms. The Balaban J connectivity index is 1.87. The lowest BCUT2D eigenvalue weighted by molar-refractivity contribution is -0.0270. The molecule has 3 atom stereocenters. The van der Waals surface area contributed by atoms with Gasteiger partial charge in [0.2, 0.25) is 5.96 Å². The summed E-state index contributed by atoms with van der Waals surface area (Å²) in [5.74, 6) is 0.102. The molecule has 0 amide bonds. The van der Waals surface area contributed by atoms with E-state index in [-0.39, 0.29) is 12.6 Å². The Morgan fingerprint density at radius 2 is 2.38 bits per heavy atom. The molecule has 0 saturated carbocycles. The van der Waals surface area contributed by atoms with E-state index in [1.807, 2.05) is 0 Å². The number of hydrogen-bond acceptors (Lipinski definition) is 7. The predicted octanol–water partition coefficient (Wildman–Crippen LogP) is -2.05. The molecule has 128 valence electrons. The molecular formula is C13H17N7O4. The second-order valence-corrected chi connectivity index (χ2v) is 5.42. The van der Waals surface area contributed by atoms with Crippen molar-refractivity contribution in [3.05, 3.63) is 45.3 Å². The summed E-state index contributed by atoms with van der Waals surface area (Å²) in [5, 5.41) is 13.4. The van der Waals surface area contributed by atoms with Crippen LogP contribution in [0.1, 0.15) is 18.2 Å². The van der Waals surface area contributed by atoms with E-state index in [9.17, 15) is 14.7 Å². The fraction of sp³-hybridized carbons (Fsp3) is 0.462. The van der Waals surface area contributed by atoms with Crippen LogP contribution in [0.25, 0.3) is 0 Å². The Kier molecular flexibility index (Phi) is 4.27. The van der Waals surface area contributed by atoms with Gasteiger partial charge < -0.3 is 15.6 Å². The third kappa shape index (κ3) is 2.98. The summed E-state index contributed by atoms with van der Waals surface area (Å²) in [6.45, 7) is 1.30.